The van der Waals surface area contributed by atoms with Crippen LogP contribution in [0.2, 0.25) is 5.02 Å². The molecule has 2 aromatic rings. The Morgan fingerprint density at radius 2 is 2.11 bits per heavy atom. The number of hydrogen-bond acceptors (Lipinski definition) is 3. The van der Waals surface area contributed by atoms with Crippen molar-refractivity contribution in [2.45, 2.75) is 38.6 Å². The quantitative estimate of drug-likeness (QED) is 0.614. The zero-order valence-electron chi connectivity index (χ0n) is 15.9. The first-order chi connectivity index (χ1) is 13.1. The fourth-order valence-corrected chi connectivity index (χ4v) is 3.81. The van der Waals surface area contributed by atoms with E-state index in [1.807, 2.05) is 48.2 Å². The summed E-state index contributed by atoms with van der Waals surface area (Å²) in [6.45, 7) is 3.30. The highest BCUT2D eigenvalue weighted by atomic mass is 35.5. The average Bonchev–Trinajstić information content (AvgIpc) is 3.16. The van der Waals surface area contributed by atoms with Crippen LogP contribution >= 0.6 is 11.6 Å². The monoisotopic (exact) mass is 387 g/mol. The number of carbonyl (C=O) groups excluding carboxylic acids is 1. The van der Waals surface area contributed by atoms with Crippen LogP contribution in [0.1, 0.15) is 42.9 Å². The number of carbonyl (C=O) groups is 1. The maximum atomic E-state index is 12.7. The highest BCUT2D eigenvalue weighted by Crippen LogP contribution is 2.34. The summed E-state index contributed by atoms with van der Waals surface area (Å²) in [5, 5.41) is 0.702. The van der Waals surface area contributed by atoms with E-state index in [2.05, 4.69) is 6.07 Å². The van der Waals surface area contributed by atoms with Crippen LogP contribution in [0.15, 0.2) is 42.5 Å². The maximum absolute atomic E-state index is 12.7. The van der Waals surface area contributed by atoms with E-state index in [1.54, 1.807) is 7.11 Å². The van der Waals surface area contributed by atoms with Gasteiger partial charge >= 0.3 is 0 Å². The summed E-state index contributed by atoms with van der Waals surface area (Å²) in [4.78, 5) is 14.7. The van der Waals surface area contributed by atoms with E-state index in [1.165, 1.54) is 0 Å². The lowest BCUT2D eigenvalue weighted by molar-refractivity contribution is -0.132. The van der Waals surface area contributed by atoms with E-state index in [0.29, 0.717) is 24.5 Å². The number of methoxy groups -OCH3 is 1. The normalized spacial score (nSPS) is 16.4. The first kappa shape index (κ1) is 19.6. The van der Waals surface area contributed by atoms with Crippen molar-refractivity contribution in [1.82, 2.24) is 4.90 Å². The molecule has 1 heterocycles. The molecule has 0 aliphatic carbocycles. The number of nitrogens with zero attached hydrogens (tertiary/aromatic N) is 1. The third kappa shape index (κ3) is 4.95. The van der Waals surface area contributed by atoms with Crippen LogP contribution in [0.3, 0.4) is 0 Å². The van der Waals surface area contributed by atoms with Crippen LogP contribution in [0.25, 0.3) is 0 Å². The Hall–Kier alpha value is -2.20. The van der Waals surface area contributed by atoms with Gasteiger partial charge in [0, 0.05) is 18.0 Å². The summed E-state index contributed by atoms with van der Waals surface area (Å²) in [5.74, 6) is 1.84. The van der Waals surface area contributed by atoms with Gasteiger partial charge in [-0.2, -0.15) is 0 Å². The van der Waals surface area contributed by atoms with Gasteiger partial charge in [0.15, 0.2) is 0 Å². The van der Waals surface area contributed by atoms with Gasteiger partial charge in [-0.15, -0.1) is 0 Å². The predicted octanol–water partition coefficient (Wildman–Crippen LogP) is 5.18. The first-order valence-corrected chi connectivity index (χ1v) is 9.78. The Labute approximate surface area is 166 Å². The fourth-order valence-electron chi connectivity index (χ4n) is 3.58. The van der Waals surface area contributed by atoms with Crippen LogP contribution in [-0.4, -0.2) is 31.1 Å². The highest BCUT2D eigenvalue weighted by Gasteiger charge is 2.29. The van der Waals surface area contributed by atoms with E-state index in [9.17, 15) is 4.79 Å². The highest BCUT2D eigenvalue weighted by molar-refractivity contribution is 6.30. The summed E-state index contributed by atoms with van der Waals surface area (Å²) >= 11 is 5.96. The minimum absolute atomic E-state index is 0.145. The lowest BCUT2D eigenvalue weighted by atomic mass is 10.0. The van der Waals surface area contributed by atoms with Gasteiger partial charge < -0.3 is 14.4 Å². The van der Waals surface area contributed by atoms with Gasteiger partial charge in [0.25, 0.3) is 0 Å². The lowest BCUT2D eigenvalue weighted by Crippen LogP contribution is -2.30. The van der Waals surface area contributed by atoms with Gasteiger partial charge in [0.05, 0.1) is 19.8 Å². The summed E-state index contributed by atoms with van der Waals surface area (Å²) in [6, 6.07) is 13.7. The van der Waals surface area contributed by atoms with E-state index in [0.717, 1.165) is 42.0 Å². The zero-order valence-corrected chi connectivity index (χ0v) is 16.7. The predicted molar refractivity (Wildman–Crippen MR) is 108 cm³/mol. The van der Waals surface area contributed by atoms with Crippen molar-refractivity contribution < 1.29 is 14.3 Å². The number of rotatable bonds is 7. The summed E-state index contributed by atoms with van der Waals surface area (Å²) in [6.07, 6.45) is 3.22. The Bertz CT molecular complexity index is 793. The molecule has 27 heavy (non-hydrogen) atoms. The second kappa shape index (κ2) is 9.14. The van der Waals surface area contributed by atoms with E-state index in [-0.39, 0.29) is 11.9 Å². The van der Waals surface area contributed by atoms with Crippen molar-refractivity contribution in [3.63, 3.8) is 0 Å². The summed E-state index contributed by atoms with van der Waals surface area (Å²) in [7, 11) is 1.67. The number of benzene rings is 2. The maximum Gasteiger partial charge on any atom is 0.223 e. The van der Waals surface area contributed by atoms with Crippen molar-refractivity contribution in [3.05, 3.63) is 58.6 Å². The Morgan fingerprint density at radius 1 is 1.26 bits per heavy atom. The molecule has 0 aromatic heterocycles. The molecule has 3 rings (SSSR count). The number of hydrogen-bond donors (Lipinski definition) is 0. The van der Waals surface area contributed by atoms with Gasteiger partial charge in [-0.25, -0.2) is 0 Å². The molecule has 1 saturated heterocycles. The van der Waals surface area contributed by atoms with E-state index >= 15 is 0 Å². The Balaban J connectivity index is 1.52. The van der Waals surface area contributed by atoms with Crippen LogP contribution in [0.4, 0.5) is 0 Å². The molecular formula is C22H26ClNO3. The first-order valence-electron chi connectivity index (χ1n) is 9.41. The number of ether oxygens (including phenoxy) is 2. The summed E-state index contributed by atoms with van der Waals surface area (Å²) < 4.78 is 11.1. The largest absolute Gasteiger partial charge is 0.497 e. The van der Waals surface area contributed by atoms with Crippen molar-refractivity contribution >= 4 is 17.5 Å². The van der Waals surface area contributed by atoms with Crippen LogP contribution in [-0.2, 0) is 4.79 Å². The molecule has 1 amide bonds. The SMILES string of the molecule is COc1cccc(C2CCCN2C(=O)CCCOc2ccc(Cl)cc2C)c1. The van der Waals surface area contributed by atoms with E-state index < -0.39 is 0 Å². The molecule has 0 saturated carbocycles. The van der Waals surface area contributed by atoms with Crippen molar-refractivity contribution in [2.24, 2.45) is 0 Å². The second-order valence-electron chi connectivity index (χ2n) is 6.88. The number of likely N-dealkylation sites (tertiary alicyclic amines) is 1. The third-order valence-corrected chi connectivity index (χ3v) is 5.22. The number of aryl methyl sites for hydroxylation is 1. The van der Waals surface area contributed by atoms with Crippen LogP contribution in [0, 0.1) is 6.92 Å². The average molecular weight is 388 g/mol. The molecule has 5 heteroatoms. The number of halogens is 1. The topological polar surface area (TPSA) is 38.8 Å². The lowest BCUT2D eigenvalue weighted by Gasteiger charge is -2.25. The fraction of sp³-hybridized carbons (Fsp3) is 0.409. The van der Waals surface area contributed by atoms with Crippen LogP contribution < -0.4 is 9.47 Å². The molecule has 0 bridgehead atoms. The molecule has 0 spiro atoms. The standard InChI is InChI=1S/C22H26ClNO3/c1-16-14-18(23)10-11-21(16)27-13-5-9-22(25)24-12-4-8-20(24)17-6-3-7-19(15-17)26-2/h3,6-7,10-11,14-15,20H,4-5,8-9,12-13H2,1-2H3. The molecule has 0 N–H and O–H groups in total. The molecule has 1 aliphatic heterocycles. The van der Waals surface area contributed by atoms with Gasteiger partial charge in [0.2, 0.25) is 5.91 Å². The Kier molecular flexibility index (Phi) is 6.62. The molecule has 4 nitrogen and oxygen atoms in total. The second-order valence-corrected chi connectivity index (χ2v) is 7.32. The molecule has 1 aliphatic rings. The van der Waals surface area contributed by atoms with Gasteiger partial charge in [-0.05, 0) is 67.6 Å². The number of amides is 1. The molecule has 144 valence electrons. The molecule has 1 fully saturated rings. The van der Waals surface area contributed by atoms with E-state index in [4.69, 9.17) is 21.1 Å². The van der Waals surface area contributed by atoms with Gasteiger partial charge in [0.1, 0.15) is 11.5 Å². The molecular weight excluding hydrogens is 362 g/mol. The molecule has 0 radical (unpaired) electrons. The minimum Gasteiger partial charge on any atom is -0.497 e. The smallest absolute Gasteiger partial charge is 0.223 e. The Morgan fingerprint density at radius 3 is 2.89 bits per heavy atom. The third-order valence-electron chi connectivity index (χ3n) is 4.98. The van der Waals surface area contributed by atoms with Crippen molar-refractivity contribution in [1.29, 1.82) is 0 Å². The molecule has 1 atom stereocenters. The minimum atomic E-state index is 0.145. The van der Waals surface area contributed by atoms with Crippen LogP contribution in [0.5, 0.6) is 11.5 Å². The van der Waals surface area contributed by atoms with Gasteiger partial charge in [-0.3, -0.25) is 4.79 Å². The zero-order chi connectivity index (χ0) is 19.2. The summed E-state index contributed by atoms with van der Waals surface area (Å²) in [5.41, 5.74) is 2.15. The van der Waals surface area contributed by atoms with Crippen molar-refractivity contribution in [2.75, 3.05) is 20.3 Å². The van der Waals surface area contributed by atoms with Gasteiger partial charge in [-0.1, -0.05) is 23.7 Å². The van der Waals surface area contributed by atoms with Crippen molar-refractivity contribution in [3.8, 4) is 11.5 Å². The molecule has 2 aromatic carbocycles. The molecule has 1 unspecified atom stereocenters.